The number of carbonyl (C=O) groups is 1. The Bertz CT molecular complexity index is 522. The number of rotatable bonds is 2. The zero-order chi connectivity index (χ0) is 15.2. The Morgan fingerprint density at radius 3 is 2.57 bits per heavy atom. The highest BCUT2D eigenvalue weighted by atomic mass is 16.4. The van der Waals surface area contributed by atoms with Crippen LogP contribution >= 0.6 is 0 Å². The fraction of sp³-hybridized carbons (Fsp3) is 0.467. The number of anilines is 1. The molecule has 1 aliphatic heterocycles. The van der Waals surface area contributed by atoms with Gasteiger partial charge in [-0.2, -0.15) is 0 Å². The minimum Gasteiger partial charge on any atom is -0.409 e. The third kappa shape index (κ3) is 3.65. The van der Waals surface area contributed by atoms with Crippen molar-refractivity contribution in [2.45, 2.75) is 25.7 Å². The number of nitrogens with two attached hydrogens (primary N) is 1. The van der Waals surface area contributed by atoms with E-state index in [-0.39, 0.29) is 11.9 Å². The number of nitrogens with zero attached hydrogens (tertiary/aromatic N) is 3. The van der Waals surface area contributed by atoms with Crippen molar-refractivity contribution in [1.82, 2.24) is 4.90 Å². The molecule has 2 rings (SSSR count). The van der Waals surface area contributed by atoms with E-state index in [1.807, 2.05) is 11.0 Å². The van der Waals surface area contributed by atoms with E-state index < -0.39 is 0 Å². The Kier molecular flexibility index (Phi) is 5.03. The summed E-state index contributed by atoms with van der Waals surface area (Å²) >= 11 is 0. The molecule has 114 valence electrons. The average Bonchev–Trinajstić information content (AvgIpc) is 2.82. The van der Waals surface area contributed by atoms with Gasteiger partial charge in [0.2, 0.25) is 0 Å². The second kappa shape index (κ2) is 6.97. The molecule has 3 N–H and O–H groups in total. The summed E-state index contributed by atoms with van der Waals surface area (Å²) in [7, 11) is 1.75. The molecule has 1 heterocycles. The van der Waals surface area contributed by atoms with Gasteiger partial charge in [0.25, 0.3) is 0 Å². The summed E-state index contributed by atoms with van der Waals surface area (Å²) in [4.78, 5) is 16.0. The highest BCUT2D eigenvalue weighted by Crippen LogP contribution is 2.18. The van der Waals surface area contributed by atoms with Crippen LogP contribution in [-0.2, 0) is 0 Å². The first-order valence-electron chi connectivity index (χ1n) is 7.24. The minimum atomic E-state index is -0.00596. The number of amides is 2. The summed E-state index contributed by atoms with van der Waals surface area (Å²) in [5.74, 6) is 0.0347. The monoisotopic (exact) mass is 290 g/mol. The van der Waals surface area contributed by atoms with Gasteiger partial charge >= 0.3 is 6.03 Å². The van der Waals surface area contributed by atoms with Crippen molar-refractivity contribution >= 4 is 17.6 Å². The van der Waals surface area contributed by atoms with Crippen molar-refractivity contribution in [1.29, 1.82) is 0 Å². The van der Waals surface area contributed by atoms with Crippen molar-refractivity contribution in [3.8, 4) is 0 Å². The summed E-state index contributed by atoms with van der Waals surface area (Å²) in [6, 6.07) is 7.10. The van der Waals surface area contributed by atoms with Crippen LogP contribution in [-0.4, -0.2) is 42.1 Å². The predicted octanol–water partition coefficient (Wildman–Crippen LogP) is 2.21. The van der Waals surface area contributed by atoms with Crippen molar-refractivity contribution in [3.05, 3.63) is 29.8 Å². The molecular weight excluding hydrogens is 268 g/mol. The zero-order valence-corrected chi connectivity index (χ0v) is 12.3. The average molecular weight is 290 g/mol. The summed E-state index contributed by atoms with van der Waals surface area (Å²) in [5.41, 5.74) is 6.91. The maximum atomic E-state index is 12.5. The number of oxime groups is 1. The quantitative estimate of drug-likeness (QED) is 0.379. The van der Waals surface area contributed by atoms with Crippen molar-refractivity contribution in [3.63, 3.8) is 0 Å². The van der Waals surface area contributed by atoms with E-state index in [9.17, 15) is 4.79 Å². The first kappa shape index (κ1) is 15.2. The van der Waals surface area contributed by atoms with Crippen LogP contribution in [0.25, 0.3) is 0 Å². The third-order valence-electron chi connectivity index (χ3n) is 3.80. The highest BCUT2D eigenvalue weighted by molar-refractivity contribution is 5.99. The van der Waals surface area contributed by atoms with Crippen LogP contribution in [0.15, 0.2) is 29.4 Å². The van der Waals surface area contributed by atoms with Crippen LogP contribution in [0.4, 0.5) is 10.5 Å². The summed E-state index contributed by atoms with van der Waals surface area (Å²) in [6.07, 6.45) is 4.49. The fourth-order valence-electron chi connectivity index (χ4n) is 2.52. The summed E-state index contributed by atoms with van der Waals surface area (Å²) in [6.45, 7) is 1.62. The van der Waals surface area contributed by atoms with Gasteiger partial charge in [-0.1, -0.05) is 30.1 Å². The largest absolute Gasteiger partial charge is 0.409 e. The van der Waals surface area contributed by atoms with Crippen molar-refractivity contribution < 1.29 is 10.0 Å². The predicted molar refractivity (Wildman–Crippen MR) is 82.8 cm³/mol. The summed E-state index contributed by atoms with van der Waals surface area (Å²) in [5, 5.41) is 11.7. The zero-order valence-electron chi connectivity index (χ0n) is 12.3. The van der Waals surface area contributed by atoms with Crippen LogP contribution in [0.3, 0.4) is 0 Å². The van der Waals surface area contributed by atoms with Gasteiger partial charge in [0, 0.05) is 31.4 Å². The third-order valence-corrected chi connectivity index (χ3v) is 3.80. The van der Waals surface area contributed by atoms with E-state index in [2.05, 4.69) is 5.16 Å². The van der Waals surface area contributed by atoms with Gasteiger partial charge in [-0.05, 0) is 25.0 Å². The summed E-state index contributed by atoms with van der Waals surface area (Å²) < 4.78 is 0. The molecule has 0 spiro atoms. The second-order valence-corrected chi connectivity index (χ2v) is 5.28. The SMILES string of the molecule is CN(C(=O)N1CCCCCC1)c1cccc(C(N)=NO)c1. The lowest BCUT2D eigenvalue weighted by atomic mass is 10.2. The smallest absolute Gasteiger partial charge is 0.324 e. The van der Waals surface area contributed by atoms with Crippen molar-refractivity contribution in [2.24, 2.45) is 10.9 Å². The van der Waals surface area contributed by atoms with E-state index in [0.717, 1.165) is 31.6 Å². The number of carbonyl (C=O) groups excluding carboxylic acids is 1. The van der Waals surface area contributed by atoms with Gasteiger partial charge < -0.3 is 15.8 Å². The number of amidine groups is 1. The van der Waals surface area contributed by atoms with E-state index in [0.29, 0.717) is 5.56 Å². The number of hydrogen-bond acceptors (Lipinski definition) is 3. The maximum absolute atomic E-state index is 12.5. The first-order chi connectivity index (χ1) is 10.1. The molecule has 1 saturated heterocycles. The molecule has 0 aromatic heterocycles. The van der Waals surface area contributed by atoms with E-state index in [1.54, 1.807) is 30.1 Å². The van der Waals surface area contributed by atoms with Crippen LogP contribution in [0, 0.1) is 0 Å². The lowest BCUT2D eigenvalue weighted by Gasteiger charge is -2.27. The van der Waals surface area contributed by atoms with Crippen LogP contribution < -0.4 is 10.6 Å². The van der Waals surface area contributed by atoms with Gasteiger partial charge in [-0.15, -0.1) is 0 Å². The van der Waals surface area contributed by atoms with Crippen LogP contribution in [0.2, 0.25) is 0 Å². The Balaban J connectivity index is 2.14. The second-order valence-electron chi connectivity index (χ2n) is 5.28. The van der Waals surface area contributed by atoms with E-state index in [1.165, 1.54) is 12.8 Å². The lowest BCUT2D eigenvalue weighted by Crippen LogP contribution is -2.41. The van der Waals surface area contributed by atoms with E-state index in [4.69, 9.17) is 10.9 Å². The molecule has 0 unspecified atom stereocenters. The fourth-order valence-corrected chi connectivity index (χ4v) is 2.52. The molecule has 0 atom stereocenters. The Morgan fingerprint density at radius 2 is 1.95 bits per heavy atom. The van der Waals surface area contributed by atoms with Gasteiger partial charge in [0.05, 0.1) is 0 Å². The van der Waals surface area contributed by atoms with Crippen molar-refractivity contribution in [2.75, 3.05) is 25.0 Å². The molecule has 2 amide bonds. The maximum Gasteiger partial charge on any atom is 0.324 e. The van der Waals surface area contributed by atoms with Gasteiger partial charge in [0.1, 0.15) is 0 Å². The van der Waals surface area contributed by atoms with Gasteiger partial charge in [-0.25, -0.2) is 4.79 Å². The highest BCUT2D eigenvalue weighted by Gasteiger charge is 2.20. The molecular formula is C15H22N4O2. The standard InChI is InChI=1S/C15H22N4O2/c1-18(15(20)19-9-4-2-3-5-10-19)13-8-6-7-12(11-13)14(16)17-21/h6-8,11,21H,2-5,9-10H2,1H3,(H2,16,17). The minimum absolute atomic E-state index is 0.00596. The normalized spacial score (nSPS) is 16.4. The molecule has 1 fully saturated rings. The Labute approximate surface area is 124 Å². The Hall–Kier alpha value is -2.24. The van der Waals surface area contributed by atoms with Crippen LogP contribution in [0.1, 0.15) is 31.2 Å². The molecule has 1 aliphatic rings. The number of likely N-dealkylation sites (tertiary alicyclic amines) is 1. The van der Waals surface area contributed by atoms with Crippen LogP contribution in [0.5, 0.6) is 0 Å². The molecule has 6 nitrogen and oxygen atoms in total. The topological polar surface area (TPSA) is 82.2 Å². The molecule has 0 saturated carbocycles. The molecule has 0 aliphatic carbocycles. The molecule has 0 radical (unpaired) electrons. The molecule has 21 heavy (non-hydrogen) atoms. The molecule has 6 heteroatoms. The molecule has 1 aromatic rings. The Morgan fingerprint density at radius 1 is 1.29 bits per heavy atom. The number of urea groups is 1. The first-order valence-corrected chi connectivity index (χ1v) is 7.24. The molecule has 1 aromatic carbocycles. The number of benzene rings is 1. The lowest BCUT2D eigenvalue weighted by molar-refractivity contribution is 0.208. The van der Waals surface area contributed by atoms with Gasteiger partial charge in [0.15, 0.2) is 5.84 Å². The van der Waals surface area contributed by atoms with Gasteiger partial charge in [-0.3, -0.25) is 4.90 Å². The molecule has 0 bridgehead atoms. The van der Waals surface area contributed by atoms with E-state index >= 15 is 0 Å². The number of hydrogen-bond donors (Lipinski definition) is 2.